The molecule has 0 fully saturated rings. The fraction of sp³-hybridized carbons (Fsp3) is 0.0455. The summed E-state index contributed by atoms with van der Waals surface area (Å²) in [5.74, 6) is -0.0875. The topological polar surface area (TPSA) is 68.9 Å². The molecule has 0 radical (unpaired) electrons. The van der Waals surface area contributed by atoms with Gasteiger partial charge in [-0.25, -0.2) is 9.97 Å². The van der Waals surface area contributed by atoms with E-state index in [9.17, 15) is 4.79 Å². The summed E-state index contributed by atoms with van der Waals surface area (Å²) >= 11 is 5.91. The van der Waals surface area contributed by atoms with Gasteiger partial charge in [-0.3, -0.25) is 4.79 Å². The second kappa shape index (κ2) is 7.17. The lowest BCUT2D eigenvalue weighted by atomic mass is 9.97. The number of rotatable bonds is 4. The highest BCUT2D eigenvalue weighted by molar-refractivity contribution is 6.17. The van der Waals surface area contributed by atoms with Gasteiger partial charge in [-0.1, -0.05) is 54.6 Å². The average Bonchev–Trinajstić information content (AvgIpc) is 2.73. The third kappa shape index (κ3) is 3.39. The van der Waals surface area contributed by atoms with Crippen LogP contribution in [-0.2, 0) is 5.88 Å². The zero-order chi connectivity index (χ0) is 18.8. The summed E-state index contributed by atoms with van der Waals surface area (Å²) in [6, 6.07) is 21.8. The predicted octanol–water partition coefficient (Wildman–Crippen LogP) is 4.80. The van der Waals surface area contributed by atoms with Gasteiger partial charge in [-0.2, -0.15) is 0 Å². The van der Waals surface area contributed by atoms with E-state index in [1.54, 1.807) is 12.3 Å². The minimum Gasteiger partial charge on any atom is -0.364 e. The quantitative estimate of drug-likeness (QED) is 0.522. The van der Waals surface area contributed by atoms with Crippen LogP contribution in [0.4, 0.5) is 0 Å². The third-order valence-electron chi connectivity index (χ3n) is 4.42. The number of aromatic nitrogens is 2. The first kappa shape index (κ1) is 17.2. The van der Waals surface area contributed by atoms with Crippen LogP contribution < -0.4 is 5.73 Å². The van der Waals surface area contributed by atoms with Crippen molar-refractivity contribution in [3.8, 4) is 22.4 Å². The number of alkyl halides is 1. The first-order valence-corrected chi connectivity index (χ1v) is 9.00. The molecular weight excluding hydrogens is 358 g/mol. The largest absolute Gasteiger partial charge is 0.364 e. The fourth-order valence-electron chi connectivity index (χ4n) is 3.02. The van der Waals surface area contributed by atoms with Crippen molar-refractivity contribution >= 4 is 28.4 Å². The number of amides is 1. The van der Waals surface area contributed by atoms with Crippen molar-refractivity contribution in [1.29, 1.82) is 0 Å². The normalized spacial score (nSPS) is 10.9. The lowest BCUT2D eigenvalue weighted by Gasteiger charge is -2.12. The molecule has 4 aromatic rings. The number of hydrogen-bond donors (Lipinski definition) is 1. The van der Waals surface area contributed by atoms with Gasteiger partial charge in [0, 0.05) is 22.4 Å². The molecule has 0 unspecified atom stereocenters. The molecule has 0 aliphatic heterocycles. The number of nitrogens with zero attached hydrogens (tertiary/aromatic N) is 2. The molecule has 4 rings (SSSR count). The Hall–Kier alpha value is -3.24. The zero-order valence-electron chi connectivity index (χ0n) is 14.4. The highest BCUT2D eigenvalue weighted by Gasteiger charge is 2.13. The molecule has 0 saturated heterocycles. The smallest absolute Gasteiger partial charge is 0.267 e. The SMILES string of the molecule is NC(=O)c1cc2cc(-c3ccccc3)c(-c3ccc(CCl)cc3)nc2cn1. The number of carbonyl (C=O) groups is 1. The minimum absolute atomic E-state index is 0.225. The van der Waals surface area contributed by atoms with E-state index in [2.05, 4.69) is 4.98 Å². The van der Waals surface area contributed by atoms with E-state index in [-0.39, 0.29) is 5.69 Å². The molecule has 0 aliphatic rings. The van der Waals surface area contributed by atoms with Crippen LogP contribution in [0, 0.1) is 0 Å². The standard InChI is InChI=1S/C22H16ClN3O/c23-12-14-6-8-16(9-7-14)21-18(15-4-2-1-3-5-15)10-17-11-19(22(24)27)25-13-20(17)26-21/h1-11,13H,12H2,(H2,24,27). The first-order valence-electron chi connectivity index (χ1n) is 8.47. The van der Waals surface area contributed by atoms with Crippen LogP contribution in [0.25, 0.3) is 33.3 Å². The second-order valence-corrected chi connectivity index (χ2v) is 6.47. The Balaban J connectivity index is 1.97. The average molecular weight is 374 g/mol. The number of halogens is 1. The van der Waals surface area contributed by atoms with Gasteiger partial charge in [-0.15, -0.1) is 11.6 Å². The fourth-order valence-corrected chi connectivity index (χ4v) is 3.20. The van der Waals surface area contributed by atoms with Crippen molar-refractivity contribution in [3.63, 3.8) is 0 Å². The van der Waals surface area contributed by atoms with Crippen molar-refractivity contribution in [1.82, 2.24) is 9.97 Å². The Labute approximate surface area is 161 Å². The molecule has 0 spiro atoms. The van der Waals surface area contributed by atoms with Crippen molar-refractivity contribution < 1.29 is 4.79 Å². The maximum atomic E-state index is 11.5. The number of carbonyl (C=O) groups excluding carboxylic acids is 1. The van der Waals surface area contributed by atoms with E-state index >= 15 is 0 Å². The van der Waals surface area contributed by atoms with E-state index in [1.165, 1.54) is 0 Å². The van der Waals surface area contributed by atoms with Gasteiger partial charge in [0.2, 0.25) is 0 Å². The van der Waals surface area contributed by atoms with E-state index in [0.29, 0.717) is 11.4 Å². The lowest BCUT2D eigenvalue weighted by Crippen LogP contribution is -2.12. The van der Waals surface area contributed by atoms with Gasteiger partial charge in [-0.05, 0) is 23.3 Å². The highest BCUT2D eigenvalue weighted by atomic mass is 35.5. The van der Waals surface area contributed by atoms with Gasteiger partial charge in [0.05, 0.1) is 17.4 Å². The number of hydrogen-bond acceptors (Lipinski definition) is 3. The number of primary amides is 1. The predicted molar refractivity (Wildman–Crippen MR) is 108 cm³/mol. The maximum absolute atomic E-state index is 11.5. The van der Waals surface area contributed by atoms with E-state index in [0.717, 1.165) is 33.3 Å². The summed E-state index contributed by atoms with van der Waals surface area (Å²) < 4.78 is 0. The van der Waals surface area contributed by atoms with Gasteiger partial charge in [0.1, 0.15) is 5.69 Å². The van der Waals surface area contributed by atoms with Crippen LogP contribution >= 0.6 is 11.6 Å². The molecule has 2 aromatic heterocycles. The van der Waals surface area contributed by atoms with Crippen molar-refractivity contribution in [2.45, 2.75) is 5.88 Å². The van der Waals surface area contributed by atoms with Crippen LogP contribution in [0.5, 0.6) is 0 Å². The second-order valence-electron chi connectivity index (χ2n) is 6.21. The maximum Gasteiger partial charge on any atom is 0.267 e. The summed E-state index contributed by atoms with van der Waals surface area (Å²) in [7, 11) is 0. The molecule has 0 atom stereocenters. The summed E-state index contributed by atoms with van der Waals surface area (Å²) in [5.41, 5.74) is 11.2. The number of nitrogens with two attached hydrogens (primary N) is 1. The zero-order valence-corrected chi connectivity index (χ0v) is 15.1. The molecular formula is C22H16ClN3O. The summed E-state index contributed by atoms with van der Waals surface area (Å²) in [5, 5.41) is 0.818. The lowest BCUT2D eigenvalue weighted by molar-refractivity contribution is 0.0996. The van der Waals surface area contributed by atoms with E-state index in [4.69, 9.17) is 22.3 Å². The summed E-state index contributed by atoms with van der Waals surface area (Å²) in [4.78, 5) is 20.4. The van der Waals surface area contributed by atoms with Crippen LogP contribution in [0.1, 0.15) is 16.1 Å². The Bertz CT molecular complexity index is 1130. The molecule has 2 heterocycles. The Morgan fingerprint density at radius 1 is 0.963 bits per heavy atom. The Morgan fingerprint density at radius 2 is 1.70 bits per heavy atom. The highest BCUT2D eigenvalue weighted by Crippen LogP contribution is 2.33. The van der Waals surface area contributed by atoms with Crippen molar-refractivity contribution in [2.75, 3.05) is 0 Å². The van der Waals surface area contributed by atoms with Gasteiger partial charge < -0.3 is 5.73 Å². The van der Waals surface area contributed by atoms with Crippen LogP contribution in [0.15, 0.2) is 72.9 Å². The minimum atomic E-state index is -0.557. The van der Waals surface area contributed by atoms with Crippen molar-refractivity contribution in [2.24, 2.45) is 5.73 Å². The number of benzene rings is 2. The molecule has 5 heteroatoms. The van der Waals surface area contributed by atoms with Gasteiger partial charge in [0.15, 0.2) is 0 Å². The molecule has 132 valence electrons. The number of pyridine rings is 2. The molecule has 2 N–H and O–H groups in total. The molecule has 4 nitrogen and oxygen atoms in total. The van der Waals surface area contributed by atoms with Crippen LogP contribution in [-0.4, -0.2) is 15.9 Å². The molecule has 1 amide bonds. The summed E-state index contributed by atoms with van der Waals surface area (Å²) in [6.45, 7) is 0. The van der Waals surface area contributed by atoms with Crippen molar-refractivity contribution in [3.05, 3.63) is 84.2 Å². The van der Waals surface area contributed by atoms with E-state index < -0.39 is 5.91 Å². The van der Waals surface area contributed by atoms with Crippen LogP contribution in [0.3, 0.4) is 0 Å². The monoisotopic (exact) mass is 373 g/mol. The first-order chi connectivity index (χ1) is 13.2. The van der Waals surface area contributed by atoms with Gasteiger partial charge in [0.25, 0.3) is 5.91 Å². The Morgan fingerprint density at radius 3 is 2.37 bits per heavy atom. The van der Waals surface area contributed by atoms with Crippen LogP contribution in [0.2, 0.25) is 0 Å². The molecule has 0 aliphatic carbocycles. The summed E-state index contributed by atoms with van der Waals surface area (Å²) in [6.07, 6.45) is 1.58. The van der Waals surface area contributed by atoms with Gasteiger partial charge >= 0.3 is 0 Å². The Kier molecular flexibility index (Phi) is 4.57. The molecule has 2 aromatic carbocycles. The number of fused-ring (bicyclic) bond motifs is 1. The molecule has 0 saturated carbocycles. The molecule has 27 heavy (non-hydrogen) atoms. The third-order valence-corrected chi connectivity index (χ3v) is 4.73. The van der Waals surface area contributed by atoms with E-state index in [1.807, 2.05) is 60.7 Å². The molecule has 0 bridgehead atoms.